The molecule has 2 heteroatoms. The Morgan fingerprint density at radius 1 is 1.16 bits per heavy atom. The molecule has 1 aromatic heterocycles. The van der Waals surface area contributed by atoms with Crippen LogP contribution in [0, 0.1) is 0 Å². The average molecular weight is 255 g/mol. The zero-order valence-electron chi connectivity index (χ0n) is 11.5. The zero-order valence-corrected chi connectivity index (χ0v) is 11.5. The molecule has 0 aliphatic heterocycles. The number of carbonyl (C=O) groups excluding carboxylic acids is 1. The van der Waals surface area contributed by atoms with Crippen LogP contribution in [0.2, 0.25) is 0 Å². The van der Waals surface area contributed by atoms with Gasteiger partial charge < -0.3 is 4.57 Å². The third kappa shape index (κ3) is 4.09. The number of nitrogens with zero attached hydrogens (tertiary/aromatic N) is 1. The van der Waals surface area contributed by atoms with Gasteiger partial charge in [0.2, 0.25) is 0 Å². The van der Waals surface area contributed by atoms with Gasteiger partial charge in [-0.3, -0.25) is 4.79 Å². The molecular formula is C17H21NO. The standard InChI is InChI=1S/C17H21NO/c1-2-3-12-18-13-11-16(14-18)17(19)10-9-15-7-5-4-6-8-15/h4-8,11,13-14H,2-3,9-10,12H2,1H3. The zero-order chi connectivity index (χ0) is 13.5. The normalized spacial score (nSPS) is 10.6. The SMILES string of the molecule is CCCCn1ccc(C(=O)CCc2ccccc2)c1. The molecule has 0 saturated heterocycles. The maximum atomic E-state index is 12.1. The van der Waals surface area contributed by atoms with Crippen molar-refractivity contribution in [1.29, 1.82) is 0 Å². The molecule has 0 spiro atoms. The Hall–Kier alpha value is -1.83. The summed E-state index contributed by atoms with van der Waals surface area (Å²) in [6.45, 7) is 3.18. The molecule has 0 fully saturated rings. The number of ketones is 1. The smallest absolute Gasteiger partial charge is 0.164 e. The van der Waals surface area contributed by atoms with Crippen molar-refractivity contribution in [1.82, 2.24) is 4.57 Å². The fraction of sp³-hybridized carbons (Fsp3) is 0.353. The van der Waals surface area contributed by atoms with Crippen LogP contribution < -0.4 is 0 Å². The number of unbranched alkanes of at least 4 members (excludes halogenated alkanes) is 1. The monoisotopic (exact) mass is 255 g/mol. The molecule has 0 bridgehead atoms. The molecule has 0 saturated carbocycles. The van der Waals surface area contributed by atoms with E-state index in [0.717, 1.165) is 24.9 Å². The molecule has 0 N–H and O–H groups in total. The van der Waals surface area contributed by atoms with Crippen LogP contribution in [0.4, 0.5) is 0 Å². The van der Waals surface area contributed by atoms with Gasteiger partial charge in [-0.05, 0) is 24.5 Å². The Kier molecular flexibility index (Phi) is 4.96. The predicted molar refractivity (Wildman–Crippen MR) is 78.4 cm³/mol. The number of hydrogen-bond donors (Lipinski definition) is 0. The van der Waals surface area contributed by atoms with Crippen molar-refractivity contribution in [3.63, 3.8) is 0 Å². The molecule has 100 valence electrons. The first kappa shape index (κ1) is 13.6. The molecular weight excluding hydrogens is 234 g/mol. The highest BCUT2D eigenvalue weighted by Crippen LogP contribution is 2.10. The lowest BCUT2D eigenvalue weighted by molar-refractivity contribution is 0.0983. The minimum absolute atomic E-state index is 0.235. The van der Waals surface area contributed by atoms with Gasteiger partial charge in [0, 0.05) is 30.9 Å². The first-order valence-corrected chi connectivity index (χ1v) is 7.02. The van der Waals surface area contributed by atoms with E-state index in [9.17, 15) is 4.79 Å². The second kappa shape index (κ2) is 6.93. The van der Waals surface area contributed by atoms with Gasteiger partial charge in [0.15, 0.2) is 5.78 Å². The molecule has 0 amide bonds. The first-order chi connectivity index (χ1) is 9.29. The van der Waals surface area contributed by atoms with Crippen molar-refractivity contribution in [2.45, 2.75) is 39.2 Å². The molecule has 0 radical (unpaired) electrons. The van der Waals surface area contributed by atoms with Gasteiger partial charge in [-0.25, -0.2) is 0 Å². The molecule has 0 atom stereocenters. The number of benzene rings is 1. The van der Waals surface area contributed by atoms with Gasteiger partial charge in [0.25, 0.3) is 0 Å². The topological polar surface area (TPSA) is 22.0 Å². The van der Waals surface area contributed by atoms with E-state index in [1.165, 1.54) is 12.0 Å². The number of aromatic nitrogens is 1. The van der Waals surface area contributed by atoms with Gasteiger partial charge in [-0.2, -0.15) is 0 Å². The fourth-order valence-electron chi connectivity index (χ4n) is 2.13. The van der Waals surface area contributed by atoms with Gasteiger partial charge in [0.1, 0.15) is 0 Å². The summed E-state index contributed by atoms with van der Waals surface area (Å²) in [5.74, 6) is 0.235. The summed E-state index contributed by atoms with van der Waals surface area (Å²) in [5, 5.41) is 0. The third-order valence-corrected chi connectivity index (χ3v) is 3.33. The number of rotatable bonds is 7. The third-order valence-electron chi connectivity index (χ3n) is 3.33. The molecule has 19 heavy (non-hydrogen) atoms. The maximum absolute atomic E-state index is 12.1. The van der Waals surface area contributed by atoms with Crippen molar-refractivity contribution in [2.75, 3.05) is 0 Å². The second-order valence-corrected chi connectivity index (χ2v) is 4.90. The Labute approximate surface area is 115 Å². The summed E-state index contributed by atoms with van der Waals surface area (Å²) in [7, 11) is 0. The van der Waals surface area contributed by atoms with Gasteiger partial charge in [0.05, 0.1) is 0 Å². The van der Waals surface area contributed by atoms with E-state index < -0.39 is 0 Å². The number of aryl methyl sites for hydroxylation is 2. The summed E-state index contributed by atoms with van der Waals surface area (Å²) in [6, 6.07) is 12.1. The second-order valence-electron chi connectivity index (χ2n) is 4.90. The highest BCUT2D eigenvalue weighted by atomic mass is 16.1. The minimum atomic E-state index is 0.235. The molecule has 0 aliphatic rings. The van der Waals surface area contributed by atoms with Crippen LogP contribution in [-0.4, -0.2) is 10.4 Å². The summed E-state index contributed by atoms with van der Waals surface area (Å²) in [6.07, 6.45) is 7.72. The van der Waals surface area contributed by atoms with E-state index >= 15 is 0 Å². The van der Waals surface area contributed by atoms with Crippen LogP contribution in [0.3, 0.4) is 0 Å². The number of carbonyl (C=O) groups is 1. The minimum Gasteiger partial charge on any atom is -0.354 e. The predicted octanol–water partition coefficient (Wildman–Crippen LogP) is 4.10. The van der Waals surface area contributed by atoms with E-state index in [4.69, 9.17) is 0 Å². The van der Waals surface area contributed by atoms with E-state index in [1.54, 1.807) is 0 Å². The first-order valence-electron chi connectivity index (χ1n) is 7.02. The fourth-order valence-corrected chi connectivity index (χ4v) is 2.13. The van der Waals surface area contributed by atoms with Crippen LogP contribution in [0.15, 0.2) is 48.8 Å². The van der Waals surface area contributed by atoms with Crippen LogP contribution >= 0.6 is 0 Å². The lowest BCUT2D eigenvalue weighted by Gasteiger charge is -2.01. The van der Waals surface area contributed by atoms with Gasteiger partial charge >= 0.3 is 0 Å². The van der Waals surface area contributed by atoms with Crippen molar-refractivity contribution in [3.05, 3.63) is 59.9 Å². The largest absolute Gasteiger partial charge is 0.354 e. The Bertz CT molecular complexity index is 513. The van der Waals surface area contributed by atoms with Crippen molar-refractivity contribution >= 4 is 5.78 Å². The molecule has 0 unspecified atom stereocenters. The molecule has 2 rings (SSSR count). The maximum Gasteiger partial charge on any atom is 0.164 e. The Morgan fingerprint density at radius 3 is 2.68 bits per heavy atom. The highest BCUT2D eigenvalue weighted by molar-refractivity contribution is 5.96. The van der Waals surface area contributed by atoms with Gasteiger partial charge in [-0.1, -0.05) is 43.7 Å². The molecule has 2 aromatic rings. The summed E-state index contributed by atoms with van der Waals surface area (Å²) < 4.78 is 2.11. The summed E-state index contributed by atoms with van der Waals surface area (Å²) >= 11 is 0. The van der Waals surface area contributed by atoms with Crippen molar-refractivity contribution in [3.8, 4) is 0 Å². The Balaban J connectivity index is 1.87. The highest BCUT2D eigenvalue weighted by Gasteiger charge is 2.07. The number of hydrogen-bond acceptors (Lipinski definition) is 1. The van der Waals surface area contributed by atoms with Crippen LogP contribution in [0.25, 0.3) is 0 Å². The van der Waals surface area contributed by atoms with Crippen LogP contribution in [-0.2, 0) is 13.0 Å². The van der Waals surface area contributed by atoms with E-state index in [2.05, 4.69) is 23.6 Å². The van der Waals surface area contributed by atoms with Crippen LogP contribution in [0.5, 0.6) is 0 Å². The van der Waals surface area contributed by atoms with Gasteiger partial charge in [-0.15, -0.1) is 0 Å². The van der Waals surface area contributed by atoms with Crippen LogP contribution in [0.1, 0.15) is 42.1 Å². The van der Waals surface area contributed by atoms with Crippen molar-refractivity contribution < 1.29 is 4.79 Å². The summed E-state index contributed by atoms with van der Waals surface area (Å²) in [4.78, 5) is 12.1. The lowest BCUT2D eigenvalue weighted by atomic mass is 10.1. The van der Waals surface area contributed by atoms with E-state index in [1.807, 2.05) is 36.7 Å². The average Bonchev–Trinajstić information content (AvgIpc) is 2.92. The molecule has 1 heterocycles. The summed E-state index contributed by atoms with van der Waals surface area (Å²) in [5.41, 5.74) is 2.06. The van der Waals surface area contributed by atoms with E-state index in [0.29, 0.717) is 6.42 Å². The van der Waals surface area contributed by atoms with E-state index in [-0.39, 0.29) is 5.78 Å². The molecule has 1 aromatic carbocycles. The Morgan fingerprint density at radius 2 is 1.95 bits per heavy atom. The van der Waals surface area contributed by atoms with Crippen molar-refractivity contribution in [2.24, 2.45) is 0 Å². The quantitative estimate of drug-likeness (QED) is 0.683. The molecule has 2 nitrogen and oxygen atoms in total. The molecule has 0 aliphatic carbocycles. The lowest BCUT2D eigenvalue weighted by Crippen LogP contribution is -2.00. The number of Topliss-reactive ketones (excluding diaryl/α,β-unsaturated/α-hetero) is 1.